The third kappa shape index (κ3) is 3.32. The van der Waals surface area contributed by atoms with Gasteiger partial charge < -0.3 is 20.4 Å². The fourth-order valence-electron chi connectivity index (χ4n) is 6.76. The van der Waals surface area contributed by atoms with Crippen molar-refractivity contribution in [2.45, 2.75) is 40.5 Å². The van der Waals surface area contributed by atoms with E-state index in [-0.39, 0.29) is 23.0 Å². The molecule has 4 heteroatoms. The van der Waals surface area contributed by atoms with Gasteiger partial charge in [0, 0.05) is 22.1 Å². The number of rotatable bonds is 3. The zero-order chi connectivity index (χ0) is 28.6. The van der Waals surface area contributed by atoms with Crippen LogP contribution in [0.15, 0.2) is 49.6 Å². The van der Waals surface area contributed by atoms with Crippen LogP contribution in [-0.2, 0) is 12.8 Å². The van der Waals surface area contributed by atoms with Crippen molar-refractivity contribution in [3.05, 3.63) is 94.1 Å². The number of aromatic hydroxyl groups is 4. The molecule has 4 N–H and O–H groups in total. The first-order valence-corrected chi connectivity index (χ1v) is 13.5. The van der Waals surface area contributed by atoms with E-state index in [4.69, 9.17) is 0 Å². The molecule has 0 aliphatic heterocycles. The van der Waals surface area contributed by atoms with Gasteiger partial charge in [-0.25, -0.2) is 0 Å². The summed E-state index contributed by atoms with van der Waals surface area (Å²) in [6.07, 6.45) is 5.03. The monoisotopic (exact) mass is 528 g/mol. The fraction of sp³-hybridized carbons (Fsp3) is 0.167. The van der Waals surface area contributed by atoms with E-state index < -0.39 is 0 Å². The lowest BCUT2D eigenvalue weighted by atomic mass is 9.77. The van der Waals surface area contributed by atoms with E-state index in [2.05, 4.69) is 13.2 Å². The lowest BCUT2D eigenvalue weighted by Gasteiger charge is -2.27. The maximum Gasteiger partial charge on any atom is 0.127 e. The number of aryl methyl sites for hydroxylation is 2. The highest BCUT2D eigenvalue weighted by Gasteiger charge is 2.29. The minimum absolute atomic E-state index is 0.0613. The molecule has 0 spiro atoms. The fourth-order valence-corrected chi connectivity index (χ4v) is 6.76. The molecule has 0 fully saturated rings. The molecule has 1 aliphatic carbocycles. The summed E-state index contributed by atoms with van der Waals surface area (Å²) in [4.78, 5) is 0. The summed E-state index contributed by atoms with van der Waals surface area (Å²) in [7, 11) is 0. The molecule has 0 unspecified atom stereocenters. The van der Waals surface area contributed by atoms with E-state index in [1.54, 1.807) is 18.2 Å². The van der Waals surface area contributed by atoms with Gasteiger partial charge in [0.25, 0.3) is 0 Å². The van der Waals surface area contributed by atoms with Crippen molar-refractivity contribution in [3.8, 4) is 45.3 Å². The second kappa shape index (κ2) is 8.92. The normalized spacial score (nSPS) is 12.4. The molecule has 40 heavy (non-hydrogen) atoms. The van der Waals surface area contributed by atoms with Gasteiger partial charge in [-0.05, 0) is 125 Å². The summed E-state index contributed by atoms with van der Waals surface area (Å²) < 4.78 is 0. The molecule has 4 nitrogen and oxygen atoms in total. The highest BCUT2D eigenvalue weighted by atomic mass is 16.3. The van der Waals surface area contributed by atoms with Crippen molar-refractivity contribution < 1.29 is 20.4 Å². The molecule has 200 valence electrons. The predicted octanol–water partition coefficient (Wildman–Crippen LogP) is 8.77. The van der Waals surface area contributed by atoms with E-state index in [0.717, 1.165) is 78.0 Å². The highest BCUT2D eigenvalue weighted by molar-refractivity contribution is 6.19. The minimum Gasteiger partial charge on any atom is -0.508 e. The molecular weight excluding hydrogens is 496 g/mol. The second-order valence-electron chi connectivity index (χ2n) is 10.9. The Morgan fingerprint density at radius 1 is 0.600 bits per heavy atom. The Morgan fingerprint density at radius 3 is 1.95 bits per heavy atom. The van der Waals surface area contributed by atoms with Gasteiger partial charge in [-0.3, -0.25) is 0 Å². The van der Waals surface area contributed by atoms with Crippen molar-refractivity contribution in [2.75, 3.05) is 0 Å². The second-order valence-corrected chi connectivity index (χ2v) is 10.9. The molecule has 5 aromatic rings. The number of fused-ring (bicyclic) bond motifs is 6. The van der Waals surface area contributed by atoms with E-state index in [0.29, 0.717) is 23.1 Å². The van der Waals surface area contributed by atoms with Gasteiger partial charge in [-0.15, -0.1) is 0 Å². The standard InChI is InChI=1S/C36H32O4/c1-7-21-17(3)15-31(38)32-25(21)11-10-24-20(6)35(39)29(16-28(24)32)34-33-26(22(8-2)19(5)36(34)40)12-9-23-18(4)30(37)14-13-27(23)33/h7-9,12-16,37-40H,1-2,10-11H2,3-6H3. The number of hydrogen-bond acceptors (Lipinski definition) is 4. The molecule has 5 aromatic carbocycles. The Balaban J connectivity index is 1.81. The minimum atomic E-state index is 0.0613. The summed E-state index contributed by atoms with van der Waals surface area (Å²) in [6.45, 7) is 15.6. The summed E-state index contributed by atoms with van der Waals surface area (Å²) >= 11 is 0. The first-order chi connectivity index (χ1) is 19.1. The van der Waals surface area contributed by atoms with Crippen LogP contribution < -0.4 is 0 Å². The van der Waals surface area contributed by atoms with Crippen LogP contribution in [0.25, 0.3) is 56.0 Å². The molecular formula is C36H32O4. The predicted molar refractivity (Wildman–Crippen MR) is 166 cm³/mol. The third-order valence-corrected chi connectivity index (χ3v) is 8.89. The highest BCUT2D eigenvalue weighted by Crippen LogP contribution is 2.52. The van der Waals surface area contributed by atoms with Crippen LogP contribution in [0.2, 0.25) is 0 Å². The summed E-state index contributed by atoms with van der Waals surface area (Å²) in [5.41, 5.74) is 9.55. The van der Waals surface area contributed by atoms with Gasteiger partial charge in [0.15, 0.2) is 0 Å². The summed E-state index contributed by atoms with van der Waals surface area (Å²) in [6, 6.07) is 11.2. The molecule has 0 saturated carbocycles. The molecule has 0 amide bonds. The van der Waals surface area contributed by atoms with Crippen molar-refractivity contribution in [2.24, 2.45) is 0 Å². The number of phenols is 4. The maximum atomic E-state index is 11.8. The van der Waals surface area contributed by atoms with Crippen molar-refractivity contribution >= 4 is 33.7 Å². The first kappa shape index (κ1) is 25.6. The molecule has 1 aliphatic rings. The van der Waals surface area contributed by atoms with Crippen LogP contribution in [0.1, 0.15) is 44.5 Å². The van der Waals surface area contributed by atoms with E-state index in [9.17, 15) is 20.4 Å². The average molecular weight is 529 g/mol. The molecule has 0 radical (unpaired) electrons. The van der Waals surface area contributed by atoms with Crippen LogP contribution in [0, 0.1) is 27.7 Å². The largest absolute Gasteiger partial charge is 0.508 e. The topological polar surface area (TPSA) is 80.9 Å². The molecule has 0 aromatic heterocycles. The zero-order valence-electron chi connectivity index (χ0n) is 23.2. The SMILES string of the molecule is C=Cc1c(C)cc(O)c2c1CCc1c-2cc(-c2c(O)c(C)c(C=C)c3ccc4c(C)c(O)ccc4c23)c(O)c1C. The van der Waals surface area contributed by atoms with Gasteiger partial charge in [-0.1, -0.05) is 43.5 Å². The zero-order valence-corrected chi connectivity index (χ0v) is 23.2. The van der Waals surface area contributed by atoms with Crippen molar-refractivity contribution in [3.63, 3.8) is 0 Å². The Hall–Kier alpha value is -4.70. The third-order valence-electron chi connectivity index (χ3n) is 8.89. The van der Waals surface area contributed by atoms with Crippen molar-refractivity contribution in [1.29, 1.82) is 0 Å². The summed E-state index contributed by atoms with van der Waals surface area (Å²) in [5.74, 6) is 0.555. The first-order valence-electron chi connectivity index (χ1n) is 13.5. The number of benzene rings is 5. The van der Waals surface area contributed by atoms with Gasteiger partial charge in [0.2, 0.25) is 0 Å². The molecule has 6 rings (SSSR count). The lowest BCUT2D eigenvalue weighted by molar-refractivity contribution is 0.464. The van der Waals surface area contributed by atoms with E-state index in [1.165, 1.54) is 0 Å². The van der Waals surface area contributed by atoms with Gasteiger partial charge >= 0.3 is 0 Å². The van der Waals surface area contributed by atoms with Gasteiger partial charge in [-0.2, -0.15) is 0 Å². The Bertz CT molecular complexity index is 1960. The molecule has 0 bridgehead atoms. The number of phenolic OH excluding ortho intramolecular Hbond substituents is 4. The van der Waals surface area contributed by atoms with Crippen LogP contribution in [0.4, 0.5) is 0 Å². The van der Waals surface area contributed by atoms with Crippen LogP contribution in [-0.4, -0.2) is 20.4 Å². The number of hydrogen-bond donors (Lipinski definition) is 4. The smallest absolute Gasteiger partial charge is 0.127 e. The van der Waals surface area contributed by atoms with Crippen LogP contribution in [0.3, 0.4) is 0 Å². The van der Waals surface area contributed by atoms with Gasteiger partial charge in [0.05, 0.1) is 0 Å². The summed E-state index contributed by atoms with van der Waals surface area (Å²) in [5, 5.41) is 48.4. The quantitative estimate of drug-likeness (QED) is 0.176. The van der Waals surface area contributed by atoms with Gasteiger partial charge in [0.1, 0.15) is 23.0 Å². The van der Waals surface area contributed by atoms with Crippen LogP contribution >= 0.6 is 0 Å². The van der Waals surface area contributed by atoms with Crippen LogP contribution in [0.5, 0.6) is 23.0 Å². The van der Waals surface area contributed by atoms with Crippen molar-refractivity contribution in [1.82, 2.24) is 0 Å². The molecule has 0 atom stereocenters. The van der Waals surface area contributed by atoms with E-state index >= 15 is 0 Å². The Morgan fingerprint density at radius 2 is 1.25 bits per heavy atom. The Labute approximate surface area is 233 Å². The lowest BCUT2D eigenvalue weighted by Crippen LogP contribution is -2.09. The average Bonchev–Trinajstić information content (AvgIpc) is 2.93. The molecule has 0 saturated heterocycles. The van der Waals surface area contributed by atoms with E-state index in [1.807, 2.05) is 58.0 Å². The Kier molecular flexibility index (Phi) is 5.70. The molecule has 0 heterocycles. The maximum absolute atomic E-state index is 11.8.